The molecule has 0 aliphatic rings. The van der Waals surface area contributed by atoms with Crippen molar-refractivity contribution in [2.45, 2.75) is 13.0 Å². The molecule has 0 saturated heterocycles. The smallest absolute Gasteiger partial charge is 0.306 e. The standard InChI is InChI=1S/C13H19ClN2O3/c1-18-8-7-16(6-4-13(17)19-2)10-11-3-5-15-9-12(11)14/h3,5,9H,4,6-8,10H2,1-2H3. The molecule has 1 aromatic heterocycles. The van der Waals surface area contributed by atoms with Gasteiger partial charge in [0.1, 0.15) is 0 Å². The van der Waals surface area contributed by atoms with Crippen LogP contribution in [0, 0.1) is 0 Å². The first kappa shape index (κ1) is 15.9. The van der Waals surface area contributed by atoms with E-state index in [-0.39, 0.29) is 5.97 Å². The zero-order valence-corrected chi connectivity index (χ0v) is 12.0. The monoisotopic (exact) mass is 286 g/mol. The molecule has 0 fully saturated rings. The molecule has 5 nitrogen and oxygen atoms in total. The Labute approximate surface area is 118 Å². The third-order valence-corrected chi connectivity index (χ3v) is 3.06. The molecule has 0 radical (unpaired) electrons. The van der Waals surface area contributed by atoms with Crippen LogP contribution in [0.3, 0.4) is 0 Å². The van der Waals surface area contributed by atoms with Gasteiger partial charge in [0.2, 0.25) is 0 Å². The van der Waals surface area contributed by atoms with Gasteiger partial charge in [-0.2, -0.15) is 0 Å². The Kier molecular flexibility index (Phi) is 7.40. The number of carbonyl (C=O) groups is 1. The number of esters is 1. The summed E-state index contributed by atoms with van der Waals surface area (Å²) in [6, 6.07) is 1.88. The van der Waals surface area contributed by atoms with E-state index in [1.54, 1.807) is 19.5 Å². The van der Waals surface area contributed by atoms with Crippen LogP contribution in [-0.4, -0.2) is 49.8 Å². The van der Waals surface area contributed by atoms with Gasteiger partial charge in [-0.1, -0.05) is 11.6 Å². The summed E-state index contributed by atoms with van der Waals surface area (Å²) in [4.78, 5) is 17.2. The Morgan fingerprint density at radius 1 is 1.42 bits per heavy atom. The summed E-state index contributed by atoms with van der Waals surface area (Å²) in [6.07, 6.45) is 3.67. The van der Waals surface area contributed by atoms with E-state index in [0.717, 1.165) is 12.1 Å². The Hall–Kier alpha value is -1.17. The van der Waals surface area contributed by atoms with E-state index in [1.165, 1.54) is 7.11 Å². The number of hydrogen-bond acceptors (Lipinski definition) is 5. The van der Waals surface area contributed by atoms with Gasteiger partial charge in [-0.05, 0) is 11.6 Å². The van der Waals surface area contributed by atoms with Gasteiger partial charge in [0.15, 0.2) is 0 Å². The maximum Gasteiger partial charge on any atom is 0.306 e. The molecule has 6 heteroatoms. The van der Waals surface area contributed by atoms with Crippen LogP contribution >= 0.6 is 11.6 Å². The molecular formula is C13H19ClN2O3. The Morgan fingerprint density at radius 3 is 2.84 bits per heavy atom. The molecule has 0 aliphatic carbocycles. The van der Waals surface area contributed by atoms with Crippen molar-refractivity contribution in [2.24, 2.45) is 0 Å². The van der Waals surface area contributed by atoms with Gasteiger partial charge in [-0.3, -0.25) is 14.7 Å². The Bertz CT molecular complexity index is 401. The highest BCUT2D eigenvalue weighted by Gasteiger charge is 2.11. The molecule has 1 aromatic rings. The molecule has 0 aromatic carbocycles. The van der Waals surface area contributed by atoms with Gasteiger partial charge < -0.3 is 9.47 Å². The summed E-state index contributed by atoms with van der Waals surface area (Å²) < 4.78 is 9.72. The van der Waals surface area contributed by atoms with Crippen LogP contribution in [0.25, 0.3) is 0 Å². The fourth-order valence-electron chi connectivity index (χ4n) is 1.61. The Balaban J connectivity index is 2.58. The van der Waals surface area contributed by atoms with Crippen LogP contribution < -0.4 is 0 Å². The number of ether oxygens (including phenoxy) is 2. The van der Waals surface area contributed by atoms with Crippen molar-refractivity contribution in [3.63, 3.8) is 0 Å². The average molecular weight is 287 g/mol. The summed E-state index contributed by atoms with van der Waals surface area (Å²) in [5.74, 6) is -0.219. The zero-order valence-electron chi connectivity index (χ0n) is 11.3. The number of carbonyl (C=O) groups excluding carboxylic acids is 1. The van der Waals surface area contributed by atoms with E-state index >= 15 is 0 Å². The summed E-state index contributed by atoms with van der Waals surface area (Å²) in [6.45, 7) is 2.59. The number of rotatable bonds is 8. The second-order valence-corrected chi connectivity index (χ2v) is 4.47. The number of aromatic nitrogens is 1. The van der Waals surface area contributed by atoms with Gasteiger partial charge in [-0.15, -0.1) is 0 Å². The van der Waals surface area contributed by atoms with Crippen molar-refractivity contribution in [1.29, 1.82) is 0 Å². The normalized spacial score (nSPS) is 10.7. The second kappa shape index (κ2) is 8.85. The van der Waals surface area contributed by atoms with Crippen molar-refractivity contribution in [3.8, 4) is 0 Å². The first-order chi connectivity index (χ1) is 9.17. The van der Waals surface area contributed by atoms with Crippen LogP contribution in [0.1, 0.15) is 12.0 Å². The van der Waals surface area contributed by atoms with Crippen molar-refractivity contribution in [1.82, 2.24) is 9.88 Å². The molecule has 0 saturated carbocycles. The minimum atomic E-state index is -0.219. The number of halogens is 1. The van der Waals surface area contributed by atoms with Crippen molar-refractivity contribution in [2.75, 3.05) is 33.9 Å². The quantitative estimate of drug-likeness (QED) is 0.682. The molecule has 0 bridgehead atoms. The molecule has 0 aliphatic heterocycles. The summed E-state index contributed by atoms with van der Waals surface area (Å²) in [7, 11) is 3.04. The largest absolute Gasteiger partial charge is 0.469 e. The summed E-state index contributed by atoms with van der Waals surface area (Å²) in [5, 5.41) is 0.628. The fourth-order valence-corrected chi connectivity index (χ4v) is 1.79. The average Bonchev–Trinajstić information content (AvgIpc) is 2.43. The van der Waals surface area contributed by atoms with E-state index in [4.69, 9.17) is 16.3 Å². The lowest BCUT2D eigenvalue weighted by Crippen LogP contribution is -2.29. The van der Waals surface area contributed by atoms with Crippen molar-refractivity contribution < 1.29 is 14.3 Å². The zero-order chi connectivity index (χ0) is 14.1. The topological polar surface area (TPSA) is 51.7 Å². The van der Waals surface area contributed by atoms with Crippen LogP contribution in [0.15, 0.2) is 18.5 Å². The fraction of sp³-hybridized carbons (Fsp3) is 0.538. The third kappa shape index (κ3) is 6.00. The molecular weight excluding hydrogens is 268 g/mol. The Morgan fingerprint density at radius 2 is 2.21 bits per heavy atom. The lowest BCUT2D eigenvalue weighted by Gasteiger charge is -2.21. The first-order valence-electron chi connectivity index (χ1n) is 6.04. The summed E-state index contributed by atoms with van der Waals surface area (Å²) in [5.41, 5.74) is 0.984. The maximum absolute atomic E-state index is 11.2. The van der Waals surface area contributed by atoms with Crippen LogP contribution in [0.5, 0.6) is 0 Å². The highest BCUT2D eigenvalue weighted by Crippen LogP contribution is 2.15. The lowest BCUT2D eigenvalue weighted by molar-refractivity contribution is -0.141. The number of nitrogens with zero attached hydrogens (tertiary/aromatic N) is 2. The van der Waals surface area contributed by atoms with Crippen molar-refractivity contribution in [3.05, 3.63) is 29.0 Å². The summed E-state index contributed by atoms with van der Waals surface area (Å²) >= 11 is 6.08. The van der Waals surface area contributed by atoms with E-state index in [2.05, 4.69) is 14.6 Å². The molecule has 0 spiro atoms. The van der Waals surface area contributed by atoms with E-state index < -0.39 is 0 Å². The number of hydrogen-bond donors (Lipinski definition) is 0. The number of methoxy groups -OCH3 is 2. The molecule has 0 amide bonds. The van der Waals surface area contributed by atoms with Gasteiger partial charge in [0.25, 0.3) is 0 Å². The predicted molar refractivity (Wildman–Crippen MR) is 73.0 cm³/mol. The molecule has 1 heterocycles. The number of pyridine rings is 1. The van der Waals surface area contributed by atoms with Crippen LogP contribution in [0.4, 0.5) is 0 Å². The molecule has 19 heavy (non-hydrogen) atoms. The van der Waals surface area contributed by atoms with Crippen molar-refractivity contribution >= 4 is 17.6 Å². The van der Waals surface area contributed by atoms with Gasteiger partial charge >= 0.3 is 5.97 Å². The highest BCUT2D eigenvalue weighted by atomic mass is 35.5. The molecule has 0 N–H and O–H groups in total. The predicted octanol–water partition coefficient (Wildman–Crippen LogP) is 1.75. The first-order valence-corrected chi connectivity index (χ1v) is 6.41. The van der Waals surface area contributed by atoms with E-state index in [1.807, 2.05) is 6.07 Å². The molecule has 106 valence electrons. The van der Waals surface area contributed by atoms with Gasteiger partial charge in [0.05, 0.1) is 25.2 Å². The molecule has 0 unspecified atom stereocenters. The minimum Gasteiger partial charge on any atom is -0.469 e. The van der Waals surface area contributed by atoms with Gasteiger partial charge in [-0.25, -0.2) is 0 Å². The maximum atomic E-state index is 11.2. The highest BCUT2D eigenvalue weighted by molar-refractivity contribution is 6.31. The van der Waals surface area contributed by atoms with Crippen LogP contribution in [0.2, 0.25) is 5.02 Å². The third-order valence-electron chi connectivity index (χ3n) is 2.72. The molecule has 0 atom stereocenters. The lowest BCUT2D eigenvalue weighted by atomic mass is 10.2. The van der Waals surface area contributed by atoms with Gasteiger partial charge in [0, 0.05) is 39.1 Å². The minimum absolute atomic E-state index is 0.219. The SMILES string of the molecule is COCCN(CCC(=O)OC)Cc1ccncc1Cl. The molecule has 1 rings (SSSR count). The second-order valence-electron chi connectivity index (χ2n) is 4.06. The van der Waals surface area contributed by atoms with Crippen LogP contribution in [-0.2, 0) is 20.8 Å². The van der Waals surface area contributed by atoms with E-state index in [0.29, 0.717) is 31.1 Å². The van der Waals surface area contributed by atoms with E-state index in [9.17, 15) is 4.79 Å².